The van der Waals surface area contributed by atoms with Crippen LogP contribution < -0.4 is 0 Å². The molecule has 0 saturated heterocycles. The molecule has 1 N–H and O–H groups in total. The van der Waals surface area contributed by atoms with E-state index in [2.05, 4.69) is 17.1 Å². The molecule has 14 heavy (non-hydrogen) atoms. The quantitative estimate of drug-likeness (QED) is 0.813. The van der Waals surface area contributed by atoms with Gasteiger partial charge >= 0.3 is 0 Å². The lowest BCUT2D eigenvalue weighted by Crippen LogP contribution is -2.11. The molecule has 0 bridgehead atoms. The fourth-order valence-electron chi connectivity index (χ4n) is 0.911. The highest BCUT2D eigenvalue weighted by atomic mass is 32.2. The fourth-order valence-corrected chi connectivity index (χ4v) is 1.41. The van der Waals surface area contributed by atoms with Gasteiger partial charge in [0.1, 0.15) is 0 Å². The number of aliphatic hydroxyl groups excluding tert-OH is 1. The van der Waals surface area contributed by atoms with Crippen molar-refractivity contribution in [2.24, 2.45) is 0 Å². The van der Waals surface area contributed by atoms with Gasteiger partial charge in [-0.3, -0.25) is 0 Å². The summed E-state index contributed by atoms with van der Waals surface area (Å²) in [5.74, 6) is 2.94. The van der Waals surface area contributed by atoms with Gasteiger partial charge in [-0.2, -0.15) is 16.7 Å². The van der Waals surface area contributed by atoms with Crippen LogP contribution in [-0.2, 0) is 5.75 Å². The second-order valence-electron chi connectivity index (χ2n) is 3.22. The summed E-state index contributed by atoms with van der Waals surface area (Å²) >= 11 is 1.75. The molecule has 0 aliphatic heterocycles. The lowest BCUT2D eigenvalue weighted by atomic mass is 10.1. The lowest BCUT2D eigenvalue weighted by molar-refractivity contribution is 0.151. The summed E-state index contributed by atoms with van der Waals surface area (Å²) in [4.78, 5) is 4.21. The van der Waals surface area contributed by atoms with Crippen LogP contribution in [0.4, 0.5) is 0 Å². The van der Waals surface area contributed by atoms with Crippen LogP contribution in [0.25, 0.3) is 0 Å². The molecule has 80 valence electrons. The highest BCUT2D eigenvalue weighted by Gasteiger charge is 2.18. The Labute approximate surface area is 88.1 Å². The molecule has 0 aromatic carbocycles. The van der Waals surface area contributed by atoms with Crippen LogP contribution in [0.1, 0.15) is 38.4 Å². The van der Waals surface area contributed by atoms with Gasteiger partial charge in [-0.25, -0.2) is 0 Å². The van der Waals surface area contributed by atoms with Crippen LogP contribution >= 0.6 is 11.8 Å². The van der Waals surface area contributed by atoms with Crippen LogP contribution in [0, 0.1) is 0 Å². The Morgan fingerprint density at radius 3 is 2.79 bits per heavy atom. The van der Waals surface area contributed by atoms with Gasteiger partial charge in [0.2, 0.25) is 5.89 Å². The number of aliphatic hydroxyl groups is 1. The predicted molar refractivity (Wildman–Crippen MR) is 56.2 cm³/mol. The molecule has 1 rings (SSSR count). The van der Waals surface area contributed by atoms with E-state index in [4.69, 9.17) is 4.52 Å². The summed E-state index contributed by atoms with van der Waals surface area (Å²) in [7, 11) is 0. The molecule has 5 heteroatoms. The largest absolute Gasteiger partial charge is 0.393 e. The molecule has 1 aromatic heterocycles. The van der Waals surface area contributed by atoms with Crippen LogP contribution in [-0.4, -0.2) is 27.1 Å². The van der Waals surface area contributed by atoms with Gasteiger partial charge in [0.05, 0.1) is 17.8 Å². The van der Waals surface area contributed by atoms with Gasteiger partial charge in [-0.05, 0) is 12.7 Å². The van der Waals surface area contributed by atoms with Gasteiger partial charge in [-0.15, -0.1) is 0 Å². The molecule has 0 aliphatic carbocycles. The van der Waals surface area contributed by atoms with Crippen LogP contribution in [0.2, 0.25) is 0 Å². The molecule has 0 spiro atoms. The normalized spacial score (nSPS) is 15.4. The van der Waals surface area contributed by atoms with Gasteiger partial charge < -0.3 is 9.63 Å². The van der Waals surface area contributed by atoms with E-state index in [1.54, 1.807) is 18.7 Å². The SMILES string of the molecule is CCSCc1noc(C(C)C(C)O)n1. The minimum absolute atomic E-state index is 0.0946. The maximum atomic E-state index is 9.33. The van der Waals surface area contributed by atoms with E-state index < -0.39 is 6.10 Å². The van der Waals surface area contributed by atoms with Crippen molar-refractivity contribution in [1.82, 2.24) is 10.1 Å². The summed E-state index contributed by atoms with van der Waals surface area (Å²) in [6.45, 7) is 5.67. The Morgan fingerprint density at radius 1 is 1.50 bits per heavy atom. The Kier molecular flexibility index (Phi) is 4.41. The van der Waals surface area contributed by atoms with Crippen molar-refractivity contribution >= 4 is 11.8 Å². The molecular weight excluding hydrogens is 200 g/mol. The van der Waals surface area contributed by atoms with Gasteiger partial charge in [0, 0.05) is 0 Å². The molecule has 2 atom stereocenters. The average Bonchev–Trinajstić information content (AvgIpc) is 2.61. The van der Waals surface area contributed by atoms with E-state index in [0.29, 0.717) is 11.7 Å². The van der Waals surface area contributed by atoms with Crippen molar-refractivity contribution in [1.29, 1.82) is 0 Å². The Bertz CT molecular complexity index is 276. The average molecular weight is 216 g/mol. The number of thioether (sulfide) groups is 1. The third-order valence-corrected chi connectivity index (χ3v) is 2.90. The van der Waals surface area contributed by atoms with Crippen molar-refractivity contribution in [2.75, 3.05) is 5.75 Å². The monoisotopic (exact) mass is 216 g/mol. The molecule has 0 amide bonds. The van der Waals surface area contributed by atoms with Crippen LogP contribution in [0.5, 0.6) is 0 Å². The minimum Gasteiger partial charge on any atom is -0.393 e. The second-order valence-corrected chi connectivity index (χ2v) is 4.49. The maximum absolute atomic E-state index is 9.33. The molecule has 0 radical (unpaired) electrons. The molecule has 0 saturated carbocycles. The van der Waals surface area contributed by atoms with Crippen molar-refractivity contribution in [2.45, 2.75) is 38.5 Å². The third kappa shape index (κ3) is 2.99. The molecule has 2 unspecified atom stereocenters. The number of hydrogen-bond acceptors (Lipinski definition) is 5. The summed E-state index contributed by atoms with van der Waals surface area (Å²) in [5, 5.41) is 13.2. The highest BCUT2D eigenvalue weighted by molar-refractivity contribution is 7.98. The summed E-state index contributed by atoms with van der Waals surface area (Å²) in [6.07, 6.45) is -0.456. The lowest BCUT2D eigenvalue weighted by Gasteiger charge is -2.07. The Balaban J connectivity index is 2.58. The van der Waals surface area contributed by atoms with Gasteiger partial charge in [-0.1, -0.05) is 19.0 Å². The topological polar surface area (TPSA) is 59.2 Å². The van der Waals surface area contributed by atoms with E-state index in [1.807, 2.05) is 6.92 Å². The Hall–Kier alpha value is -0.550. The van der Waals surface area contributed by atoms with Crippen LogP contribution in [0.15, 0.2) is 4.52 Å². The van der Waals surface area contributed by atoms with Crippen molar-refractivity contribution in [3.63, 3.8) is 0 Å². The van der Waals surface area contributed by atoms with E-state index in [9.17, 15) is 5.11 Å². The first-order chi connectivity index (χ1) is 6.65. The van der Waals surface area contributed by atoms with Crippen LogP contribution in [0.3, 0.4) is 0 Å². The third-order valence-electron chi connectivity index (χ3n) is 2.03. The second kappa shape index (κ2) is 5.36. The molecule has 1 heterocycles. The zero-order valence-electron chi connectivity index (χ0n) is 8.73. The first-order valence-corrected chi connectivity index (χ1v) is 5.89. The van der Waals surface area contributed by atoms with Gasteiger partial charge in [0.15, 0.2) is 5.82 Å². The summed E-state index contributed by atoms with van der Waals surface area (Å²) < 4.78 is 5.05. The molecule has 1 aromatic rings. The maximum Gasteiger partial charge on any atom is 0.232 e. The molecule has 4 nitrogen and oxygen atoms in total. The number of hydrogen-bond donors (Lipinski definition) is 1. The predicted octanol–water partition coefficient (Wildman–Crippen LogP) is 1.81. The summed E-state index contributed by atoms with van der Waals surface area (Å²) in [6, 6.07) is 0. The summed E-state index contributed by atoms with van der Waals surface area (Å²) in [5.41, 5.74) is 0. The first-order valence-electron chi connectivity index (χ1n) is 4.73. The molecule has 0 aliphatic rings. The fraction of sp³-hybridized carbons (Fsp3) is 0.778. The van der Waals surface area contributed by atoms with Crippen molar-refractivity contribution in [3.8, 4) is 0 Å². The van der Waals surface area contributed by atoms with E-state index in [0.717, 1.165) is 11.5 Å². The van der Waals surface area contributed by atoms with E-state index in [1.165, 1.54) is 0 Å². The standard InChI is InChI=1S/C9H16N2O2S/c1-4-14-5-8-10-9(13-11-8)6(2)7(3)12/h6-7,12H,4-5H2,1-3H3. The smallest absolute Gasteiger partial charge is 0.232 e. The highest BCUT2D eigenvalue weighted by Crippen LogP contribution is 2.18. The Morgan fingerprint density at radius 2 is 2.21 bits per heavy atom. The van der Waals surface area contributed by atoms with Gasteiger partial charge in [0.25, 0.3) is 0 Å². The number of nitrogens with zero attached hydrogens (tertiary/aromatic N) is 2. The van der Waals surface area contributed by atoms with E-state index >= 15 is 0 Å². The minimum atomic E-state index is -0.456. The molecule has 0 fully saturated rings. The number of aromatic nitrogens is 2. The number of rotatable bonds is 5. The first kappa shape index (κ1) is 11.5. The van der Waals surface area contributed by atoms with Crippen molar-refractivity contribution < 1.29 is 9.63 Å². The zero-order chi connectivity index (χ0) is 10.6. The van der Waals surface area contributed by atoms with Crippen molar-refractivity contribution in [3.05, 3.63) is 11.7 Å². The zero-order valence-corrected chi connectivity index (χ0v) is 9.54. The molecular formula is C9H16N2O2S. The van der Waals surface area contributed by atoms with E-state index in [-0.39, 0.29) is 5.92 Å².